The summed E-state index contributed by atoms with van der Waals surface area (Å²) in [6, 6.07) is -0.0204. The molecule has 0 radical (unpaired) electrons. The second-order valence-electron chi connectivity index (χ2n) is 3.16. The van der Waals surface area contributed by atoms with Crippen LogP contribution in [0.1, 0.15) is 33.6 Å². The van der Waals surface area contributed by atoms with E-state index in [1.165, 1.54) is 6.92 Å². The van der Waals surface area contributed by atoms with E-state index in [1.807, 2.05) is 13.8 Å². The number of ketones is 1. The fourth-order valence-electron chi connectivity index (χ4n) is 0.729. The molecule has 0 aromatic carbocycles. The second-order valence-corrected chi connectivity index (χ2v) is 3.16. The van der Waals surface area contributed by atoms with Crippen LogP contribution in [-0.2, 0) is 4.79 Å². The first-order chi connectivity index (χ1) is 6.06. The van der Waals surface area contributed by atoms with Crippen molar-refractivity contribution in [3.8, 4) is 0 Å². The van der Waals surface area contributed by atoms with Crippen LogP contribution in [0.4, 0.5) is 4.79 Å². The fourth-order valence-corrected chi connectivity index (χ4v) is 0.729. The Morgan fingerprint density at radius 3 is 2.46 bits per heavy atom. The van der Waals surface area contributed by atoms with E-state index in [4.69, 9.17) is 0 Å². The lowest BCUT2D eigenvalue weighted by Gasteiger charge is -2.11. The molecule has 0 heterocycles. The van der Waals surface area contributed by atoms with Crippen LogP contribution in [0.5, 0.6) is 0 Å². The smallest absolute Gasteiger partial charge is 0.315 e. The summed E-state index contributed by atoms with van der Waals surface area (Å²) in [6.45, 7) is 5.86. The molecule has 4 heteroatoms. The van der Waals surface area contributed by atoms with Gasteiger partial charge in [-0.05, 0) is 20.3 Å². The van der Waals surface area contributed by atoms with Gasteiger partial charge in [-0.3, -0.25) is 4.79 Å². The Bertz CT molecular complexity index is 180. The molecule has 0 aromatic heterocycles. The highest BCUT2D eigenvalue weighted by atomic mass is 16.2. The number of carbonyl (C=O) groups is 2. The summed E-state index contributed by atoms with van der Waals surface area (Å²) in [6.07, 6.45) is 1.30. The third-order valence-electron chi connectivity index (χ3n) is 1.75. The van der Waals surface area contributed by atoms with Crippen LogP contribution < -0.4 is 10.6 Å². The van der Waals surface area contributed by atoms with Gasteiger partial charge in [0.25, 0.3) is 0 Å². The summed E-state index contributed by atoms with van der Waals surface area (Å²) in [7, 11) is 0. The van der Waals surface area contributed by atoms with Crippen molar-refractivity contribution < 1.29 is 9.59 Å². The number of Topliss-reactive ketones (excluding diaryl/α,β-unsaturated/α-hetero) is 1. The van der Waals surface area contributed by atoms with Gasteiger partial charge >= 0.3 is 6.03 Å². The van der Waals surface area contributed by atoms with Gasteiger partial charge in [0, 0.05) is 19.0 Å². The van der Waals surface area contributed by atoms with Crippen molar-refractivity contribution in [2.75, 3.05) is 6.54 Å². The molecule has 0 aliphatic heterocycles. The zero-order valence-corrected chi connectivity index (χ0v) is 8.52. The number of hydrogen-bond donors (Lipinski definition) is 2. The molecule has 0 aromatic rings. The maximum atomic E-state index is 11.1. The van der Waals surface area contributed by atoms with Gasteiger partial charge < -0.3 is 10.6 Å². The number of carbonyl (C=O) groups excluding carboxylic acids is 2. The van der Waals surface area contributed by atoms with Crippen LogP contribution >= 0.6 is 0 Å². The first-order valence-corrected chi connectivity index (χ1v) is 4.60. The number of rotatable bonds is 5. The zero-order chi connectivity index (χ0) is 10.3. The highest BCUT2D eigenvalue weighted by molar-refractivity contribution is 5.77. The minimum absolute atomic E-state index is 0.0869. The average Bonchev–Trinajstić information content (AvgIpc) is 2.03. The minimum Gasteiger partial charge on any atom is -0.338 e. The third-order valence-corrected chi connectivity index (χ3v) is 1.75. The summed E-state index contributed by atoms with van der Waals surface area (Å²) in [4.78, 5) is 21.6. The molecule has 0 saturated carbocycles. The summed E-state index contributed by atoms with van der Waals surface area (Å²) >= 11 is 0. The number of nitrogens with one attached hydrogen (secondary N) is 2. The molecule has 0 rings (SSSR count). The molecule has 2 amide bonds. The monoisotopic (exact) mass is 186 g/mol. The van der Waals surface area contributed by atoms with Crippen molar-refractivity contribution in [2.45, 2.75) is 39.7 Å². The van der Waals surface area contributed by atoms with Crippen LogP contribution in [0.15, 0.2) is 0 Å². The van der Waals surface area contributed by atoms with Gasteiger partial charge in [0.2, 0.25) is 0 Å². The molecule has 0 spiro atoms. The summed E-state index contributed by atoms with van der Waals surface area (Å²) in [5, 5.41) is 5.35. The molecule has 13 heavy (non-hydrogen) atoms. The average molecular weight is 186 g/mol. The Balaban J connectivity index is 3.46. The van der Waals surface area contributed by atoms with Crippen LogP contribution in [0.2, 0.25) is 0 Å². The lowest BCUT2D eigenvalue weighted by atomic mass is 10.3. The van der Waals surface area contributed by atoms with Crippen LogP contribution in [0, 0.1) is 0 Å². The highest BCUT2D eigenvalue weighted by Crippen LogP contribution is 1.86. The Labute approximate surface area is 79.1 Å². The van der Waals surface area contributed by atoms with E-state index in [2.05, 4.69) is 10.6 Å². The highest BCUT2D eigenvalue weighted by Gasteiger charge is 2.03. The summed E-state index contributed by atoms with van der Waals surface area (Å²) in [5.74, 6) is 0.0869. The molecular formula is C9H18N2O2. The Kier molecular flexibility index (Phi) is 5.93. The molecule has 0 fully saturated rings. The summed E-state index contributed by atoms with van der Waals surface area (Å²) in [5.41, 5.74) is 0. The van der Waals surface area contributed by atoms with Crippen LogP contribution in [0.3, 0.4) is 0 Å². The van der Waals surface area contributed by atoms with E-state index in [-0.39, 0.29) is 17.9 Å². The lowest BCUT2D eigenvalue weighted by molar-refractivity contribution is -0.116. The van der Waals surface area contributed by atoms with E-state index < -0.39 is 0 Å². The van der Waals surface area contributed by atoms with Gasteiger partial charge in [-0.25, -0.2) is 4.79 Å². The predicted octanol–water partition coefficient (Wildman–Crippen LogP) is 1.06. The Morgan fingerprint density at radius 2 is 2.00 bits per heavy atom. The normalized spacial score (nSPS) is 11.9. The molecule has 0 aliphatic carbocycles. The van der Waals surface area contributed by atoms with Crippen molar-refractivity contribution in [2.24, 2.45) is 0 Å². The maximum absolute atomic E-state index is 11.1. The van der Waals surface area contributed by atoms with Crippen molar-refractivity contribution in [1.82, 2.24) is 10.6 Å². The minimum atomic E-state index is -0.199. The van der Waals surface area contributed by atoms with Crippen molar-refractivity contribution in [1.29, 1.82) is 0 Å². The number of urea groups is 1. The molecule has 4 nitrogen and oxygen atoms in total. The predicted molar refractivity (Wildman–Crippen MR) is 51.6 cm³/mol. The van der Waals surface area contributed by atoms with E-state index in [9.17, 15) is 9.59 Å². The summed E-state index contributed by atoms with van der Waals surface area (Å²) < 4.78 is 0. The molecule has 0 bridgehead atoms. The van der Waals surface area contributed by atoms with E-state index >= 15 is 0 Å². The van der Waals surface area contributed by atoms with Crippen LogP contribution in [0.25, 0.3) is 0 Å². The van der Waals surface area contributed by atoms with E-state index in [1.54, 1.807) is 0 Å². The van der Waals surface area contributed by atoms with E-state index in [0.717, 1.165) is 6.42 Å². The first-order valence-electron chi connectivity index (χ1n) is 4.60. The lowest BCUT2D eigenvalue weighted by Crippen LogP contribution is -2.41. The van der Waals surface area contributed by atoms with Gasteiger partial charge in [-0.15, -0.1) is 0 Å². The van der Waals surface area contributed by atoms with Gasteiger partial charge in [0.15, 0.2) is 0 Å². The number of hydrogen-bond acceptors (Lipinski definition) is 2. The van der Waals surface area contributed by atoms with Gasteiger partial charge in [-0.1, -0.05) is 6.92 Å². The molecule has 2 N–H and O–H groups in total. The first kappa shape index (κ1) is 11.9. The van der Waals surface area contributed by atoms with Crippen LogP contribution in [-0.4, -0.2) is 24.4 Å². The van der Waals surface area contributed by atoms with Gasteiger partial charge in [-0.2, -0.15) is 0 Å². The molecule has 76 valence electrons. The second kappa shape index (κ2) is 6.46. The standard InChI is InChI=1S/C9H18N2O2/c1-4-7(2)11-9(13)10-6-5-8(3)12/h7H,4-6H2,1-3H3,(H2,10,11,13). The molecular weight excluding hydrogens is 168 g/mol. The van der Waals surface area contributed by atoms with Gasteiger partial charge in [0.05, 0.1) is 0 Å². The van der Waals surface area contributed by atoms with E-state index in [0.29, 0.717) is 13.0 Å². The van der Waals surface area contributed by atoms with Gasteiger partial charge in [0.1, 0.15) is 5.78 Å². The SMILES string of the molecule is CCC(C)NC(=O)NCCC(C)=O. The molecule has 1 unspecified atom stereocenters. The quantitative estimate of drug-likeness (QED) is 0.674. The van der Waals surface area contributed by atoms with Crippen molar-refractivity contribution in [3.05, 3.63) is 0 Å². The van der Waals surface area contributed by atoms with Crippen molar-refractivity contribution >= 4 is 11.8 Å². The number of amides is 2. The fraction of sp³-hybridized carbons (Fsp3) is 0.778. The maximum Gasteiger partial charge on any atom is 0.315 e. The topological polar surface area (TPSA) is 58.2 Å². The molecule has 1 atom stereocenters. The zero-order valence-electron chi connectivity index (χ0n) is 8.52. The largest absolute Gasteiger partial charge is 0.338 e. The molecule has 0 aliphatic rings. The Morgan fingerprint density at radius 1 is 1.38 bits per heavy atom. The Hall–Kier alpha value is -1.06. The molecule has 0 saturated heterocycles. The van der Waals surface area contributed by atoms with Crippen molar-refractivity contribution in [3.63, 3.8) is 0 Å². The third kappa shape index (κ3) is 7.31.